The molecule has 0 amide bonds. The lowest BCUT2D eigenvalue weighted by atomic mass is 10.1. The lowest BCUT2D eigenvalue weighted by Gasteiger charge is -2.16. The van der Waals surface area contributed by atoms with Gasteiger partial charge in [-0.15, -0.1) is 11.3 Å². The van der Waals surface area contributed by atoms with Crippen LogP contribution in [0.1, 0.15) is 16.5 Å². The van der Waals surface area contributed by atoms with Gasteiger partial charge in [-0.1, -0.05) is 0 Å². The summed E-state index contributed by atoms with van der Waals surface area (Å²) in [5, 5.41) is 5.32. The number of aromatic nitrogens is 1. The molecule has 0 aliphatic rings. The van der Waals surface area contributed by atoms with E-state index in [0.717, 1.165) is 15.7 Å². The average molecular weight is 298 g/mol. The molecular weight excluding hydrogens is 286 g/mol. The number of nitrogens with zero attached hydrogens (tertiary/aromatic N) is 1. The highest BCUT2D eigenvalue weighted by Gasteiger charge is 2.16. The number of anilines is 1. The van der Waals surface area contributed by atoms with Crippen LogP contribution in [0.5, 0.6) is 0 Å². The fraction of sp³-hybridized carbons (Fsp3) is 0.182. The van der Waals surface area contributed by atoms with Crippen LogP contribution in [0, 0.1) is 0 Å². The molecule has 0 aliphatic heterocycles. The number of nitrogens with one attached hydrogen (secondary N) is 1. The molecule has 2 heterocycles. The Hall–Kier alpha value is -0.910. The summed E-state index contributed by atoms with van der Waals surface area (Å²) in [5.74, 6) is 0. The Morgan fingerprint density at radius 3 is 2.94 bits per heavy atom. The van der Waals surface area contributed by atoms with Gasteiger partial charge in [-0.2, -0.15) is 0 Å². The summed E-state index contributed by atoms with van der Waals surface area (Å²) in [5.41, 5.74) is 7.73. The van der Waals surface area contributed by atoms with Gasteiger partial charge >= 0.3 is 0 Å². The molecule has 0 spiro atoms. The van der Waals surface area contributed by atoms with E-state index >= 15 is 0 Å². The highest BCUT2D eigenvalue weighted by atomic mass is 79.9. The number of rotatable bonds is 3. The largest absolute Gasteiger partial charge is 0.398 e. The van der Waals surface area contributed by atoms with Gasteiger partial charge in [0.25, 0.3) is 0 Å². The van der Waals surface area contributed by atoms with Crippen molar-refractivity contribution in [2.45, 2.75) is 6.04 Å². The molecule has 2 aromatic heterocycles. The van der Waals surface area contributed by atoms with Crippen LogP contribution in [0.25, 0.3) is 0 Å². The van der Waals surface area contributed by atoms with E-state index in [1.165, 1.54) is 4.88 Å². The fourth-order valence-corrected chi connectivity index (χ4v) is 3.16. The van der Waals surface area contributed by atoms with Crippen molar-refractivity contribution in [1.29, 1.82) is 0 Å². The zero-order chi connectivity index (χ0) is 11.5. The maximum Gasteiger partial charge on any atom is 0.0704 e. The molecule has 3 N–H and O–H groups in total. The van der Waals surface area contributed by atoms with Gasteiger partial charge in [-0.05, 0) is 35.1 Å². The molecule has 2 aromatic rings. The third-order valence-electron chi connectivity index (χ3n) is 2.36. The van der Waals surface area contributed by atoms with Gasteiger partial charge < -0.3 is 11.1 Å². The van der Waals surface area contributed by atoms with E-state index in [-0.39, 0.29) is 6.04 Å². The molecule has 0 fully saturated rings. The van der Waals surface area contributed by atoms with Gasteiger partial charge in [0, 0.05) is 38.4 Å². The van der Waals surface area contributed by atoms with Gasteiger partial charge in [0.05, 0.1) is 6.04 Å². The van der Waals surface area contributed by atoms with E-state index in [9.17, 15) is 0 Å². The lowest BCUT2D eigenvalue weighted by Crippen LogP contribution is -2.18. The summed E-state index contributed by atoms with van der Waals surface area (Å²) in [4.78, 5) is 5.34. The smallest absolute Gasteiger partial charge is 0.0704 e. The van der Waals surface area contributed by atoms with Crippen molar-refractivity contribution in [3.63, 3.8) is 0 Å². The maximum atomic E-state index is 5.95. The Balaban J connectivity index is 2.40. The Bertz CT molecular complexity index is 484. The Kier molecular flexibility index (Phi) is 3.58. The molecule has 16 heavy (non-hydrogen) atoms. The minimum Gasteiger partial charge on any atom is -0.398 e. The summed E-state index contributed by atoms with van der Waals surface area (Å²) in [6.07, 6.45) is 3.51. The zero-order valence-corrected chi connectivity index (χ0v) is 11.2. The third kappa shape index (κ3) is 2.26. The molecule has 0 radical (unpaired) electrons. The van der Waals surface area contributed by atoms with Crippen LogP contribution in [0.3, 0.4) is 0 Å². The van der Waals surface area contributed by atoms with Crippen LogP contribution < -0.4 is 11.1 Å². The molecule has 1 atom stereocenters. The van der Waals surface area contributed by atoms with Crippen molar-refractivity contribution in [2.75, 3.05) is 12.8 Å². The van der Waals surface area contributed by atoms with Crippen molar-refractivity contribution in [3.8, 4) is 0 Å². The van der Waals surface area contributed by atoms with E-state index in [0.29, 0.717) is 0 Å². The predicted octanol–water partition coefficient (Wildman–Crippen LogP) is 2.80. The van der Waals surface area contributed by atoms with Gasteiger partial charge in [-0.3, -0.25) is 4.98 Å². The number of halogens is 1. The third-order valence-corrected chi connectivity index (χ3v) is 4.12. The topological polar surface area (TPSA) is 50.9 Å². The molecule has 84 valence electrons. The number of pyridine rings is 1. The molecule has 1 unspecified atom stereocenters. The van der Waals surface area contributed by atoms with Crippen LogP contribution in [0.4, 0.5) is 5.69 Å². The van der Waals surface area contributed by atoms with Crippen LogP contribution >= 0.6 is 27.3 Å². The number of nitrogens with two attached hydrogens (primary N) is 1. The molecule has 0 aliphatic carbocycles. The lowest BCUT2D eigenvalue weighted by molar-refractivity contribution is 0.702. The van der Waals surface area contributed by atoms with Crippen molar-refractivity contribution in [2.24, 2.45) is 0 Å². The standard InChI is InChI=1S/C11H12BrN3S/c1-14-11(10-4-7(12)6-16-10)8-5-15-3-2-9(8)13/h2-6,11,14H,1H3,(H2,13,15). The SMILES string of the molecule is CNC(c1cc(Br)cs1)c1cnccc1N. The summed E-state index contributed by atoms with van der Waals surface area (Å²) in [6, 6.07) is 4.02. The van der Waals surface area contributed by atoms with Gasteiger partial charge in [0.2, 0.25) is 0 Å². The predicted molar refractivity (Wildman–Crippen MR) is 71.6 cm³/mol. The van der Waals surface area contributed by atoms with Gasteiger partial charge in [0.15, 0.2) is 0 Å². The summed E-state index contributed by atoms with van der Waals surface area (Å²) in [6.45, 7) is 0. The second kappa shape index (κ2) is 4.95. The molecule has 0 saturated carbocycles. The molecule has 2 rings (SSSR count). The summed E-state index contributed by atoms with van der Waals surface area (Å²) in [7, 11) is 1.92. The van der Waals surface area contributed by atoms with Gasteiger partial charge in [0.1, 0.15) is 0 Å². The molecule has 3 nitrogen and oxygen atoms in total. The second-order valence-corrected chi connectivity index (χ2v) is 5.25. The Labute approximate surface area is 107 Å². The minimum absolute atomic E-state index is 0.102. The van der Waals surface area contributed by atoms with E-state index < -0.39 is 0 Å². The van der Waals surface area contributed by atoms with E-state index in [2.05, 4.69) is 37.7 Å². The summed E-state index contributed by atoms with van der Waals surface area (Å²) < 4.78 is 1.09. The highest BCUT2D eigenvalue weighted by Crippen LogP contribution is 2.31. The van der Waals surface area contributed by atoms with E-state index in [1.807, 2.05) is 19.3 Å². The van der Waals surface area contributed by atoms with Crippen molar-refractivity contribution < 1.29 is 0 Å². The molecule has 0 aromatic carbocycles. The second-order valence-electron chi connectivity index (χ2n) is 3.39. The van der Waals surface area contributed by atoms with Crippen LogP contribution in [-0.4, -0.2) is 12.0 Å². The first kappa shape index (κ1) is 11.6. The quantitative estimate of drug-likeness (QED) is 0.916. The highest BCUT2D eigenvalue weighted by molar-refractivity contribution is 9.10. The fourth-order valence-electron chi connectivity index (χ4n) is 1.59. The Morgan fingerprint density at radius 2 is 2.38 bits per heavy atom. The van der Waals surface area contributed by atoms with Crippen molar-refractivity contribution >= 4 is 33.0 Å². The first-order chi connectivity index (χ1) is 7.72. The van der Waals surface area contributed by atoms with E-state index in [4.69, 9.17) is 5.73 Å². The summed E-state index contributed by atoms with van der Waals surface area (Å²) >= 11 is 5.15. The Morgan fingerprint density at radius 1 is 1.56 bits per heavy atom. The molecule has 0 bridgehead atoms. The number of thiophene rings is 1. The number of hydrogen-bond acceptors (Lipinski definition) is 4. The average Bonchev–Trinajstić information content (AvgIpc) is 2.69. The maximum absolute atomic E-state index is 5.95. The van der Waals surface area contributed by atoms with Crippen molar-refractivity contribution in [3.05, 3.63) is 44.8 Å². The van der Waals surface area contributed by atoms with Crippen LogP contribution in [0.15, 0.2) is 34.4 Å². The first-order valence-corrected chi connectivity index (χ1v) is 6.50. The molecule has 0 saturated heterocycles. The van der Waals surface area contributed by atoms with Crippen LogP contribution in [-0.2, 0) is 0 Å². The molecular formula is C11H12BrN3S. The van der Waals surface area contributed by atoms with Gasteiger partial charge in [-0.25, -0.2) is 0 Å². The zero-order valence-electron chi connectivity index (χ0n) is 8.77. The monoisotopic (exact) mass is 297 g/mol. The first-order valence-electron chi connectivity index (χ1n) is 4.83. The minimum atomic E-state index is 0.102. The number of hydrogen-bond donors (Lipinski definition) is 2. The van der Waals surface area contributed by atoms with Crippen LogP contribution in [0.2, 0.25) is 0 Å². The molecule has 5 heteroatoms. The van der Waals surface area contributed by atoms with E-state index in [1.54, 1.807) is 17.5 Å². The number of nitrogen functional groups attached to an aromatic ring is 1. The van der Waals surface area contributed by atoms with Crippen molar-refractivity contribution in [1.82, 2.24) is 10.3 Å². The normalized spacial score (nSPS) is 12.6.